The molecule has 0 saturated heterocycles. The summed E-state index contributed by atoms with van der Waals surface area (Å²) < 4.78 is 17.1. The van der Waals surface area contributed by atoms with Gasteiger partial charge < -0.3 is 24.6 Å². The number of halogens is 2. The van der Waals surface area contributed by atoms with Gasteiger partial charge in [-0.2, -0.15) is 0 Å². The van der Waals surface area contributed by atoms with E-state index in [1.54, 1.807) is 14.2 Å². The highest BCUT2D eigenvalue weighted by molar-refractivity contribution is 9.11. The maximum atomic E-state index is 9.80. The van der Waals surface area contributed by atoms with Crippen LogP contribution in [0.1, 0.15) is 0 Å². The molecule has 0 amide bonds. The van der Waals surface area contributed by atoms with Crippen LogP contribution in [0.2, 0.25) is 0 Å². The minimum atomic E-state index is -0.589. The van der Waals surface area contributed by atoms with Crippen LogP contribution in [0.15, 0.2) is 21.1 Å². The number of rotatable bonds is 9. The van der Waals surface area contributed by atoms with E-state index in [0.29, 0.717) is 19.8 Å². The van der Waals surface area contributed by atoms with E-state index in [9.17, 15) is 5.11 Å². The normalized spacial score (nSPS) is 12.2. The summed E-state index contributed by atoms with van der Waals surface area (Å²) in [5.74, 6) is 0.724. The molecule has 0 saturated carbocycles. The van der Waals surface area contributed by atoms with E-state index in [-0.39, 0.29) is 6.61 Å². The van der Waals surface area contributed by atoms with E-state index in [2.05, 4.69) is 37.2 Å². The lowest BCUT2D eigenvalue weighted by atomic mass is 10.3. The summed E-state index contributed by atoms with van der Waals surface area (Å²) in [5.41, 5.74) is 0.848. The van der Waals surface area contributed by atoms with E-state index in [1.807, 2.05) is 12.1 Å². The molecule has 2 N–H and O–H groups in total. The van der Waals surface area contributed by atoms with Gasteiger partial charge in [-0.25, -0.2) is 0 Å². The van der Waals surface area contributed by atoms with Gasteiger partial charge in [-0.15, -0.1) is 0 Å². The Labute approximate surface area is 135 Å². The van der Waals surface area contributed by atoms with Crippen molar-refractivity contribution in [1.82, 2.24) is 0 Å². The van der Waals surface area contributed by atoms with Crippen molar-refractivity contribution in [3.63, 3.8) is 0 Å². The summed E-state index contributed by atoms with van der Waals surface area (Å²) >= 11 is 6.86. The predicted molar refractivity (Wildman–Crippen MR) is 85.6 cm³/mol. The fourth-order valence-corrected chi connectivity index (χ4v) is 2.77. The van der Waals surface area contributed by atoms with Crippen LogP contribution in [0.25, 0.3) is 0 Å². The van der Waals surface area contributed by atoms with Crippen molar-refractivity contribution in [2.45, 2.75) is 6.10 Å². The zero-order valence-electron chi connectivity index (χ0n) is 11.5. The lowest BCUT2D eigenvalue weighted by Gasteiger charge is -2.15. The second kappa shape index (κ2) is 9.57. The Kier molecular flexibility index (Phi) is 8.47. The van der Waals surface area contributed by atoms with Gasteiger partial charge in [0.1, 0.15) is 5.75 Å². The van der Waals surface area contributed by atoms with Crippen molar-refractivity contribution in [2.24, 2.45) is 0 Å². The topological polar surface area (TPSA) is 60.0 Å². The SMILES string of the molecule is COCCOCC(O)CNc1cc(OC)c(Br)cc1Br. The number of hydrogen-bond donors (Lipinski definition) is 2. The number of methoxy groups -OCH3 is 2. The highest BCUT2D eigenvalue weighted by Gasteiger charge is 2.09. The third-order valence-electron chi connectivity index (χ3n) is 2.51. The van der Waals surface area contributed by atoms with E-state index < -0.39 is 6.10 Å². The van der Waals surface area contributed by atoms with Crippen LogP contribution in [0, 0.1) is 0 Å². The molecule has 7 heteroatoms. The van der Waals surface area contributed by atoms with Gasteiger partial charge in [0.2, 0.25) is 0 Å². The molecule has 1 aromatic carbocycles. The third kappa shape index (κ3) is 5.97. The number of ether oxygens (including phenoxy) is 3. The molecular weight excluding hydrogens is 394 g/mol. The minimum Gasteiger partial charge on any atom is -0.495 e. The summed E-state index contributed by atoms with van der Waals surface area (Å²) in [6, 6.07) is 3.75. The quantitative estimate of drug-likeness (QED) is 0.610. The largest absolute Gasteiger partial charge is 0.495 e. The number of aliphatic hydroxyl groups excluding tert-OH is 1. The molecule has 0 radical (unpaired) electrons. The van der Waals surface area contributed by atoms with Crippen molar-refractivity contribution in [2.75, 3.05) is 45.9 Å². The lowest BCUT2D eigenvalue weighted by Crippen LogP contribution is -2.25. The standard InChI is InChI=1S/C13H19Br2NO4/c1-18-3-4-20-8-9(17)7-16-12-6-13(19-2)11(15)5-10(12)14/h5-6,9,16-17H,3-4,7-8H2,1-2H3. The molecule has 0 aliphatic heterocycles. The van der Waals surface area contributed by atoms with Gasteiger partial charge in [0, 0.05) is 24.2 Å². The first-order chi connectivity index (χ1) is 9.58. The van der Waals surface area contributed by atoms with Crippen LogP contribution in [0.4, 0.5) is 5.69 Å². The Morgan fingerprint density at radius 2 is 1.95 bits per heavy atom. The molecule has 0 aromatic heterocycles. The first-order valence-corrected chi connectivity index (χ1v) is 7.68. The maximum Gasteiger partial charge on any atom is 0.135 e. The number of benzene rings is 1. The second-order valence-corrected chi connectivity index (χ2v) is 5.78. The Hall–Kier alpha value is -0.340. The number of nitrogens with one attached hydrogen (secondary N) is 1. The molecule has 1 aromatic rings. The Bertz CT molecular complexity index is 418. The maximum absolute atomic E-state index is 9.80. The highest BCUT2D eigenvalue weighted by Crippen LogP contribution is 2.34. The van der Waals surface area contributed by atoms with Gasteiger partial charge in [-0.3, -0.25) is 0 Å². The van der Waals surface area contributed by atoms with Crippen LogP contribution in [0.5, 0.6) is 5.75 Å². The smallest absolute Gasteiger partial charge is 0.135 e. The van der Waals surface area contributed by atoms with Crippen molar-refractivity contribution in [1.29, 1.82) is 0 Å². The highest BCUT2D eigenvalue weighted by atomic mass is 79.9. The summed E-state index contributed by atoms with van der Waals surface area (Å²) in [5, 5.41) is 12.9. The molecule has 0 aliphatic rings. The molecule has 0 fully saturated rings. The zero-order valence-corrected chi connectivity index (χ0v) is 14.7. The fourth-order valence-electron chi connectivity index (χ4n) is 1.47. The summed E-state index contributed by atoms with van der Waals surface area (Å²) in [7, 11) is 3.22. The molecule has 0 spiro atoms. The average molecular weight is 413 g/mol. The number of hydrogen-bond acceptors (Lipinski definition) is 5. The molecule has 20 heavy (non-hydrogen) atoms. The van der Waals surface area contributed by atoms with Gasteiger partial charge >= 0.3 is 0 Å². The summed E-state index contributed by atoms with van der Waals surface area (Å²) in [4.78, 5) is 0. The molecule has 5 nitrogen and oxygen atoms in total. The third-order valence-corrected chi connectivity index (χ3v) is 3.79. The van der Waals surface area contributed by atoms with E-state index in [1.165, 1.54) is 0 Å². The van der Waals surface area contributed by atoms with Crippen LogP contribution < -0.4 is 10.1 Å². The Morgan fingerprint density at radius 1 is 1.20 bits per heavy atom. The van der Waals surface area contributed by atoms with Gasteiger partial charge in [0.25, 0.3) is 0 Å². The van der Waals surface area contributed by atoms with Crippen molar-refractivity contribution in [3.05, 3.63) is 21.1 Å². The van der Waals surface area contributed by atoms with Gasteiger partial charge in [-0.1, -0.05) is 0 Å². The van der Waals surface area contributed by atoms with Crippen molar-refractivity contribution < 1.29 is 19.3 Å². The number of anilines is 1. The van der Waals surface area contributed by atoms with Gasteiger partial charge in [0.05, 0.1) is 43.2 Å². The first kappa shape index (κ1) is 17.7. The Balaban J connectivity index is 2.44. The molecule has 1 unspecified atom stereocenters. The molecule has 0 heterocycles. The van der Waals surface area contributed by atoms with Crippen LogP contribution in [0.3, 0.4) is 0 Å². The summed E-state index contributed by atoms with van der Waals surface area (Å²) in [6.45, 7) is 1.65. The van der Waals surface area contributed by atoms with E-state index in [0.717, 1.165) is 20.4 Å². The van der Waals surface area contributed by atoms with E-state index >= 15 is 0 Å². The minimum absolute atomic E-state index is 0.266. The molecular formula is C13H19Br2NO4. The predicted octanol–water partition coefficient (Wildman–Crippen LogP) is 2.66. The molecule has 0 aliphatic carbocycles. The van der Waals surface area contributed by atoms with E-state index in [4.69, 9.17) is 14.2 Å². The average Bonchev–Trinajstić information content (AvgIpc) is 2.43. The second-order valence-electron chi connectivity index (χ2n) is 4.07. The molecule has 1 rings (SSSR count). The molecule has 0 bridgehead atoms. The van der Waals surface area contributed by atoms with Crippen molar-refractivity contribution in [3.8, 4) is 5.75 Å². The molecule has 114 valence electrons. The Morgan fingerprint density at radius 3 is 2.60 bits per heavy atom. The monoisotopic (exact) mass is 411 g/mol. The summed E-state index contributed by atoms with van der Waals surface area (Å²) in [6.07, 6.45) is -0.589. The van der Waals surface area contributed by atoms with Crippen LogP contribution >= 0.6 is 31.9 Å². The first-order valence-electron chi connectivity index (χ1n) is 6.10. The van der Waals surface area contributed by atoms with Gasteiger partial charge in [-0.05, 0) is 37.9 Å². The lowest BCUT2D eigenvalue weighted by molar-refractivity contribution is 0.0182. The van der Waals surface area contributed by atoms with Crippen LogP contribution in [-0.2, 0) is 9.47 Å². The zero-order chi connectivity index (χ0) is 15.0. The van der Waals surface area contributed by atoms with Crippen molar-refractivity contribution >= 4 is 37.5 Å². The number of aliphatic hydroxyl groups is 1. The molecule has 1 atom stereocenters. The van der Waals surface area contributed by atoms with Crippen LogP contribution in [-0.4, -0.2) is 51.8 Å². The fraction of sp³-hybridized carbons (Fsp3) is 0.538. The van der Waals surface area contributed by atoms with Gasteiger partial charge in [0.15, 0.2) is 0 Å².